The number of unbranched alkanes of at least 4 members (excludes halogenated alkanes) is 6. The minimum atomic E-state index is -1.79. The Morgan fingerprint density at radius 3 is 2.35 bits per heavy atom. The summed E-state index contributed by atoms with van der Waals surface area (Å²) in [7, 11) is 0. The smallest absolute Gasteiger partial charge is 0.141 e. The van der Waals surface area contributed by atoms with Gasteiger partial charge in [0.1, 0.15) is 5.78 Å². The topological polar surface area (TPSA) is 65.8 Å². The highest BCUT2D eigenvalue weighted by atomic mass is 16.1. The average molecular weight is 241 g/mol. The van der Waals surface area contributed by atoms with Gasteiger partial charge in [0.2, 0.25) is 0 Å². The molecule has 0 aliphatic rings. The maximum absolute atomic E-state index is 11.8. The normalized spacial score (nSPS) is 14.5. The number of azide groups is 1. The van der Waals surface area contributed by atoms with Gasteiger partial charge in [-0.05, 0) is 18.3 Å². The van der Waals surface area contributed by atoms with E-state index < -0.39 is 12.4 Å². The molecule has 1 unspecified atom stereocenters. The highest BCUT2D eigenvalue weighted by Crippen LogP contribution is 2.11. The summed E-state index contributed by atoms with van der Waals surface area (Å²) < 4.78 is 15.0. The fourth-order valence-electron chi connectivity index (χ4n) is 1.73. The highest BCUT2D eigenvalue weighted by Gasteiger charge is 2.13. The lowest BCUT2D eigenvalue weighted by molar-refractivity contribution is -0.120. The number of hydrogen-bond donors (Lipinski definition) is 0. The fourth-order valence-corrected chi connectivity index (χ4v) is 1.73. The van der Waals surface area contributed by atoms with Crippen LogP contribution in [0.4, 0.5) is 0 Å². The first-order valence-electron chi connectivity index (χ1n) is 7.50. The maximum atomic E-state index is 11.8. The summed E-state index contributed by atoms with van der Waals surface area (Å²) in [6.45, 7) is 3.45. The number of rotatable bonds is 11. The minimum Gasteiger partial charge on any atom is -0.299 e. The summed E-state index contributed by atoms with van der Waals surface area (Å²) in [6, 6.07) is -1.20. The molecule has 0 N–H and O–H groups in total. The van der Waals surface area contributed by atoms with Crippen LogP contribution in [-0.2, 0) is 4.79 Å². The van der Waals surface area contributed by atoms with Crippen LogP contribution in [0.1, 0.15) is 74.3 Å². The van der Waals surface area contributed by atoms with Crippen LogP contribution in [0, 0.1) is 0 Å². The van der Waals surface area contributed by atoms with Crippen LogP contribution in [-0.4, -0.2) is 11.8 Å². The van der Waals surface area contributed by atoms with Gasteiger partial charge in [-0.3, -0.25) is 4.79 Å². The Morgan fingerprint density at radius 1 is 1.24 bits per heavy atom. The van der Waals surface area contributed by atoms with Gasteiger partial charge >= 0.3 is 0 Å². The first-order chi connectivity index (χ1) is 8.93. The molecule has 0 radical (unpaired) electrons. The van der Waals surface area contributed by atoms with Crippen molar-refractivity contribution in [3.8, 4) is 0 Å². The van der Waals surface area contributed by atoms with Gasteiger partial charge in [0, 0.05) is 14.1 Å². The predicted octanol–water partition coefficient (Wildman–Crippen LogP) is 4.79. The van der Waals surface area contributed by atoms with Crippen LogP contribution >= 0.6 is 0 Å². The molecule has 0 aliphatic heterocycles. The van der Waals surface area contributed by atoms with Crippen molar-refractivity contribution in [3.63, 3.8) is 0 Å². The second kappa shape index (κ2) is 11.5. The number of ketones is 1. The van der Waals surface area contributed by atoms with Crippen LogP contribution in [0.15, 0.2) is 5.11 Å². The summed E-state index contributed by atoms with van der Waals surface area (Å²) in [5.41, 5.74) is 8.38. The highest BCUT2D eigenvalue weighted by molar-refractivity contribution is 5.83. The minimum absolute atomic E-state index is 0.293. The first kappa shape index (κ1) is 12.4. The second-order valence-corrected chi connectivity index (χ2v) is 4.23. The van der Waals surface area contributed by atoms with Crippen molar-refractivity contribution in [2.24, 2.45) is 5.11 Å². The van der Waals surface area contributed by atoms with Gasteiger partial charge in [-0.15, -0.1) is 0 Å². The van der Waals surface area contributed by atoms with E-state index in [1.54, 1.807) is 0 Å². The lowest BCUT2D eigenvalue weighted by Gasteiger charge is -2.06. The zero-order chi connectivity index (χ0) is 14.7. The number of Topliss-reactive ketones (excluding diaryl/α,β-unsaturated/α-hetero) is 1. The van der Waals surface area contributed by atoms with Gasteiger partial charge < -0.3 is 0 Å². The van der Waals surface area contributed by atoms with Crippen LogP contribution in [0.25, 0.3) is 10.4 Å². The number of carbonyl (C=O) groups is 1. The second-order valence-electron chi connectivity index (χ2n) is 4.23. The maximum Gasteiger partial charge on any atom is 0.141 e. The van der Waals surface area contributed by atoms with E-state index in [4.69, 9.17) is 8.27 Å². The number of carbonyl (C=O) groups excluding carboxylic acids is 1. The van der Waals surface area contributed by atoms with E-state index in [1.807, 2.05) is 0 Å². The van der Waals surface area contributed by atoms with Crippen LogP contribution < -0.4 is 0 Å². The molecule has 0 saturated heterocycles. The number of nitrogens with zero attached hydrogens (tertiary/aromatic N) is 3. The summed E-state index contributed by atoms with van der Waals surface area (Å²) in [4.78, 5) is 14.4. The molecule has 17 heavy (non-hydrogen) atoms. The molecule has 0 bridgehead atoms. The van der Waals surface area contributed by atoms with Crippen molar-refractivity contribution in [2.45, 2.75) is 77.6 Å². The van der Waals surface area contributed by atoms with E-state index >= 15 is 0 Å². The predicted molar refractivity (Wildman–Crippen MR) is 70.8 cm³/mol. The van der Waals surface area contributed by atoms with E-state index in [-0.39, 0.29) is 5.78 Å². The summed E-state index contributed by atoms with van der Waals surface area (Å²) >= 11 is 0. The fraction of sp³-hybridized carbons (Fsp3) is 0.923. The van der Waals surface area contributed by atoms with Gasteiger partial charge in [0.25, 0.3) is 0 Å². The monoisotopic (exact) mass is 241 g/mol. The average Bonchev–Trinajstić information content (AvgIpc) is 2.33. The molecule has 0 aromatic heterocycles. The first-order valence-corrected chi connectivity index (χ1v) is 6.50. The van der Waals surface area contributed by atoms with Crippen molar-refractivity contribution in [1.29, 1.82) is 0 Å². The molecular formula is C13H25N3O. The Hall–Kier alpha value is -1.02. The third-order valence-corrected chi connectivity index (χ3v) is 2.77. The molecule has 98 valence electrons. The van der Waals surface area contributed by atoms with Gasteiger partial charge in [-0.2, -0.15) is 0 Å². The molecule has 0 aromatic rings. The van der Waals surface area contributed by atoms with Gasteiger partial charge in [0.05, 0.1) is 6.04 Å². The molecular weight excluding hydrogens is 214 g/mol. The molecule has 0 amide bonds. The van der Waals surface area contributed by atoms with Crippen molar-refractivity contribution in [3.05, 3.63) is 10.4 Å². The largest absolute Gasteiger partial charge is 0.299 e. The Morgan fingerprint density at radius 2 is 1.82 bits per heavy atom. The van der Waals surface area contributed by atoms with Crippen LogP contribution in [0.3, 0.4) is 0 Å². The molecule has 0 aliphatic carbocycles. The molecule has 0 saturated carbocycles. The lowest BCUT2D eigenvalue weighted by Crippen LogP contribution is -2.16. The van der Waals surface area contributed by atoms with E-state index in [2.05, 4.69) is 16.9 Å². The quantitative estimate of drug-likeness (QED) is 0.222. The Bertz CT molecular complexity index is 310. The lowest BCUT2D eigenvalue weighted by atomic mass is 10.0. The molecule has 4 heteroatoms. The molecule has 0 rings (SSSR count). The van der Waals surface area contributed by atoms with Crippen molar-refractivity contribution < 1.29 is 7.54 Å². The summed E-state index contributed by atoms with van der Waals surface area (Å²) in [5.74, 6) is -0.293. The molecule has 1 atom stereocenters. The molecule has 4 nitrogen and oxygen atoms in total. The zero-order valence-corrected chi connectivity index (χ0v) is 11.0. The molecule has 0 fully saturated rings. The zero-order valence-electron chi connectivity index (χ0n) is 13.0. The van der Waals surface area contributed by atoms with Gasteiger partial charge in [-0.25, -0.2) is 0 Å². The Balaban J connectivity index is 3.92. The molecule has 0 spiro atoms. The third kappa shape index (κ3) is 8.75. The van der Waals surface area contributed by atoms with Crippen LogP contribution in [0.2, 0.25) is 0 Å². The van der Waals surface area contributed by atoms with Crippen LogP contribution in [0.5, 0.6) is 0 Å². The standard InChI is InChI=1S/C13H25N3O/c1-3-5-6-7-8-9-10-11-13(17)12(4-2)15-16-14/h12H,3-11H2,1-2H3/i4D2. The SMILES string of the molecule is [2H]C([2H])(C)C(N=[N+]=[N-])C(=O)CCCCCCCCC. The number of hydrogen-bond acceptors (Lipinski definition) is 2. The Kier molecular flexibility index (Phi) is 8.39. The van der Waals surface area contributed by atoms with E-state index in [0.29, 0.717) is 6.42 Å². The Labute approximate surface area is 107 Å². The van der Waals surface area contributed by atoms with Crippen molar-refractivity contribution in [2.75, 3.05) is 0 Å². The van der Waals surface area contributed by atoms with Crippen molar-refractivity contribution in [1.82, 2.24) is 0 Å². The van der Waals surface area contributed by atoms with Crippen molar-refractivity contribution >= 4 is 5.78 Å². The van der Waals surface area contributed by atoms with E-state index in [0.717, 1.165) is 19.3 Å². The third-order valence-electron chi connectivity index (χ3n) is 2.77. The molecule has 0 heterocycles. The van der Waals surface area contributed by atoms with Gasteiger partial charge in [-0.1, -0.05) is 57.5 Å². The summed E-state index contributed by atoms with van der Waals surface area (Å²) in [5, 5.41) is 3.29. The molecule has 0 aromatic carbocycles. The van der Waals surface area contributed by atoms with E-state index in [1.165, 1.54) is 32.6 Å². The van der Waals surface area contributed by atoms with E-state index in [9.17, 15) is 4.79 Å². The summed E-state index contributed by atoms with van der Waals surface area (Å²) in [6.07, 6.45) is 6.25. The van der Waals surface area contributed by atoms with Gasteiger partial charge in [0.15, 0.2) is 0 Å².